The number of likely N-dealkylation sites (N-methyl/N-ethyl adjacent to an activating group) is 1. The molecule has 114 valence electrons. The topological polar surface area (TPSA) is 61.4 Å². The fourth-order valence-electron chi connectivity index (χ4n) is 3.78. The van der Waals surface area contributed by atoms with Crippen LogP contribution in [0.5, 0.6) is 0 Å². The van der Waals surface area contributed by atoms with Gasteiger partial charge in [-0.15, -0.1) is 0 Å². The predicted octanol–water partition coefficient (Wildman–Crippen LogP) is 1.59. The minimum atomic E-state index is -0.352. The molecule has 2 aliphatic rings. The second kappa shape index (κ2) is 6.57. The van der Waals surface area contributed by atoms with E-state index in [0.717, 1.165) is 18.4 Å². The van der Waals surface area contributed by atoms with Gasteiger partial charge in [-0.2, -0.15) is 0 Å². The van der Waals surface area contributed by atoms with E-state index in [9.17, 15) is 9.59 Å². The lowest BCUT2D eigenvalue weighted by Gasteiger charge is -2.28. The third-order valence-electron chi connectivity index (χ3n) is 5.00. The van der Waals surface area contributed by atoms with Crippen molar-refractivity contribution in [3.05, 3.63) is 0 Å². The molecule has 2 aliphatic carbocycles. The number of imide groups is 1. The summed E-state index contributed by atoms with van der Waals surface area (Å²) in [6, 6.07) is -0.197. The van der Waals surface area contributed by atoms with Crippen molar-refractivity contribution in [2.24, 2.45) is 17.8 Å². The van der Waals surface area contributed by atoms with Crippen LogP contribution in [-0.2, 0) is 4.79 Å². The van der Waals surface area contributed by atoms with Crippen LogP contribution in [0, 0.1) is 17.8 Å². The van der Waals surface area contributed by atoms with Crippen molar-refractivity contribution in [3.63, 3.8) is 0 Å². The first kappa shape index (κ1) is 15.3. The largest absolute Gasteiger partial charge is 0.335 e. The van der Waals surface area contributed by atoms with Gasteiger partial charge in [0.2, 0.25) is 5.91 Å². The molecule has 0 aromatic carbocycles. The fourth-order valence-corrected chi connectivity index (χ4v) is 3.78. The number of nitrogens with zero attached hydrogens (tertiary/aromatic N) is 1. The third-order valence-corrected chi connectivity index (χ3v) is 5.00. The van der Waals surface area contributed by atoms with Gasteiger partial charge in [0.05, 0.1) is 6.54 Å². The van der Waals surface area contributed by atoms with Gasteiger partial charge in [0, 0.05) is 6.04 Å². The number of fused-ring (bicyclic) bond motifs is 2. The number of hydrogen-bond donors (Lipinski definition) is 2. The van der Waals surface area contributed by atoms with Crippen molar-refractivity contribution in [2.75, 3.05) is 20.1 Å². The van der Waals surface area contributed by atoms with E-state index in [1.165, 1.54) is 25.7 Å². The van der Waals surface area contributed by atoms with E-state index in [1.54, 1.807) is 0 Å². The normalized spacial score (nSPS) is 29.5. The minimum absolute atomic E-state index is 0.155. The molecule has 5 heteroatoms. The number of rotatable bonds is 5. The van der Waals surface area contributed by atoms with Crippen LogP contribution < -0.4 is 10.6 Å². The van der Waals surface area contributed by atoms with Gasteiger partial charge in [-0.3, -0.25) is 15.0 Å². The number of amides is 3. The van der Waals surface area contributed by atoms with Crippen molar-refractivity contribution in [1.29, 1.82) is 0 Å². The first-order valence-electron chi connectivity index (χ1n) is 7.78. The summed E-state index contributed by atoms with van der Waals surface area (Å²) in [6.07, 6.45) is 5.24. The summed E-state index contributed by atoms with van der Waals surface area (Å²) in [4.78, 5) is 25.3. The molecule has 2 N–H and O–H groups in total. The summed E-state index contributed by atoms with van der Waals surface area (Å²) in [5.74, 6) is 1.99. The van der Waals surface area contributed by atoms with Gasteiger partial charge >= 0.3 is 6.03 Å². The summed E-state index contributed by atoms with van der Waals surface area (Å²) < 4.78 is 0. The van der Waals surface area contributed by atoms with Crippen LogP contribution >= 0.6 is 0 Å². The fraction of sp³-hybridized carbons (Fsp3) is 0.867. The Bertz CT molecular complexity index is 372. The number of carbonyl (C=O) groups excluding carboxylic acids is 2. The molecular weight excluding hydrogens is 254 g/mol. The molecule has 0 aliphatic heterocycles. The van der Waals surface area contributed by atoms with Crippen LogP contribution in [0.2, 0.25) is 0 Å². The van der Waals surface area contributed by atoms with Crippen LogP contribution in [-0.4, -0.2) is 43.0 Å². The van der Waals surface area contributed by atoms with Gasteiger partial charge < -0.3 is 5.32 Å². The summed E-state index contributed by atoms with van der Waals surface area (Å²) >= 11 is 0. The lowest BCUT2D eigenvalue weighted by atomic mass is 9.84. The molecule has 0 heterocycles. The zero-order valence-electron chi connectivity index (χ0n) is 12.8. The Hall–Kier alpha value is -1.10. The average Bonchev–Trinajstić information content (AvgIpc) is 3.00. The van der Waals surface area contributed by atoms with E-state index in [0.29, 0.717) is 5.92 Å². The minimum Gasteiger partial charge on any atom is -0.335 e. The summed E-state index contributed by atoms with van der Waals surface area (Å²) in [7, 11) is 1.86. The molecule has 20 heavy (non-hydrogen) atoms. The summed E-state index contributed by atoms with van der Waals surface area (Å²) in [5.41, 5.74) is 0. The Morgan fingerprint density at radius 2 is 2.05 bits per heavy atom. The molecule has 3 amide bonds. The zero-order chi connectivity index (χ0) is 14.7. The maximum atomic E-state index is 11.8. The summed E-state index contributed by atoms with van der Waals surface area (Å²) in [5, 5.41) is 5.35. The second-order valence-corrected chi connectivity index (χ2v) is 6.48. The lowest BCUT2D eigenvalue weighted by Crippen LogP contribution is -2.49. The molecule has 4 atom stereocenters. The number of nitrogens with one attached hydrogen (secondary N) is 2. The highest BCUT2D eigenvalue weighted by molar-refractivity contribution is 5.95. The Kier molecular flexibility index (Phi) is 5.02. The molecule has 5 nitrogen and oxygen atoms in total. The zero-order valence-corrected chi connectivity index (χ0v) is 12.8. The molecule has 2 bridgehead atoms. The Labute approximate surface area is 121 Å². The molecule has 2 saturated carbocycles. The van der Waals surface area contributed by atoms with Crippen molar-refractivity contribution >= 4 is 11.9 Å². The van der Waals surface area contributed by atoms with Gasteiger partial charge in [0.1, 0.15) is 0 Å². The third kappa shape index (κ3) is 3.72. The van der Waals surface area contributed by atoms with Gasteiger partial charge in [-0.1, -0.05) is 13.3 Å². The van der Waals surface area contributed by atoms with Gasteiger partial charge in [-0.25, -0.2) is 4.79 Å². The van der Waals surface area contributed by atoms with Crippen LogP contribution in [0.3, 0.4) is 0 Å². The Morgan fingerprint density at radius 1 is 1.30 bits per heavy atom. The van der Waals surface area contributed by atoms with Crippen molar-refractivity contribution in [3.8, 4) is 0 Å². The van der Waals surface area contributed by atoms with Crippen LogP contribution in [0.4, 0.5) is 4.79 Å². The van der Waals surface area contributed by atoms with Crippen molar-refractivity contribution < 1.29 is 9.59 Å². The molecule has 0 aromatic heterocycles. The molecule has 0 saturated heterocycles. The maximum absolute atomic E-state index is 11.8. The predicted molar refractivity (Wildman–Crippen MR) is 78.2 cm³/mol. The number of carbonyl (C=O) groups is 2. The van der Waals surface area contributed by atoms with Crippen molar-refractivity contribution in [1.82, 2.24) is 15.5 Å². The smallest absolute Gasteiger partial charge is 0.321 e. The quantitative estimate of drug-likeness (QED) is 0.804. The number of hydrogen-bond acceptors (Lipinski definition) is 3. The van der Waals surface area contributed by atoms with Gasteiger partial charge in [0.25, 0.3) is 0 Å². The Morgan fingerprint density at radius 3 is 2.60 bits per heavy atom. The van der Waals surface area contributed by atoms with E-state index >= 15 is 0 Å². The molecule has 0 radical (unpaired) electrons. The Balaban J connectivity index is 1.72. The maximum Gasteiger partial charge on any atom is 0.321 e. The molecule has 4 unspecified atom stereocenters. The van der Waals surface area contributed by atoms with E-state index in [4.69, 9.17) is 0 Å². The molecule has 2 fully saturated rings. The van der Waals surface area contributed by atoms with E-state index in [1.807, 2.05) is 18.9 Å². The van der Waals surface area contributed by atoms with Crippen LogP contribution in [0.1, 0.15) is 39.5 Å². The van der Waals surface area contributed by atoms with Gasteiger partial charge in [0.15, 0.2) is 0 Å². The molecular formula is C15H27N3O2. The first-order valence-corrected chi connectivity index (χ1v) is 7.78. The average molecular weight is 281 g/mol. The first-order chi connectivity index (χ1) is 9.49. The van der Waals surface area contributed by atoms with Crippen molar-refractivity contribution in [2.45, 2.75) is 45.6 Å². The molecule has 0 aromatic rings. The van der Waals surface area contributed by atoms with Crippen LogP contribution in [0.15, 0.2) is 0 Å². The highest BCUT2D eigenvalue weighted by Gasteiger charge is 2.42. The highest BCUT2D eigenvalue weighted by Crippen LogP contribution is 2.49. The standard InChI is InChI=1S/C15H27N3O2/c1-4-18(3)9-14(19)17-15(20)16-10(2)13-8-11-5-6-12(13)7-11/h10-13H,4-9H2,1-3H3,(H2,16,17,19,20). The van der Waals surface area contributed by atoms with E-state index in [2.05, 4.69) is 17.6 Å². The molecule has 2 rings (SSSR count). The number of urea groups is 1. The second-order valence-electron chi connectivity index (χ2n) is 6.48. The van der Waals surface area contributed by atoms with E-state index in [-0.39, 0.29) is 24.5 Å². The van der Waals surface area contributed by atoms with Crippen LogP contribution in [0.25, 0.3) is 0 Å². The summed E-state index contributed by atoms with van der Waals surface area (Å²) in [6.45, 7) is 5.08. The van der Waals surface area contributed by atoms with Gasteiger partial charge in [-0.05, 0) is 57.5 Å². The van der Waals surface area contributed by atoms with E-state index < -0.39 is 0 Å². The SMILES string of the molecule is CCN(C)CC(=O)NC(=O)NC(C)C1CC2CCC1C2. The lowest BCUT2D eigenvalue weighted by molar-refractivity contribution is -0.120. The monoisotopic (exact) mass is 281 g/mol. The molecule has 0 spiro atoms. The highest BCUT2D eigenvalue weighted by atomic mass is 16.2.